The van der Waals surface area contributed by atoms with Crippen LogP contribution in [-0.4, -0.2) is 35.1 Å². The van der Waals surface area contributed by atoms with Crippen LogP contribution in [0, 0.1) is 0 Å². The quantitative estimate of drug-likeness (QED) is 0.522. The minimum atomic E-state index is -0.328. The van der Waals surface area contributed by atoms with Gasteiger partial charge in [-0.2, -0.15) is 4.80 Å². The smallest absolute Gasteiger partial charge is 0.263 e. The second kappa shape index (κ2) is 8.24. The first-order chi connectivity index (χ1) is 14.6. The van der Waals surface area contributed by atoms with Crippen molar-refractivity contribution >= 4 is 22.6 Å². The maximum atomic E-state index is 12.9. The maximum Gasteiger partial charge on any atom is 0.263 e. The second-order valence-corrected chi connectivity index (χ2v) is 6.70. The molecule has 1 N–H and O–H groups in total. The number of benzene rings is 3. The molecule has 3 aromatic carbocycles. The van der Waals surface area contributed by atoms with Crippen LogP contribution in [0.15, 0.2) is 60.7 Å². The first-order valence-corrected chi connectivity index (χ1v) is 9.61. The molecule has 30 heavy (non-hydrogen) atoms. The van der Waals surface area contributed by atoms with Crippen molar-refractivity contribution in [3.05, 3.63) is 71.8 Å². The summed E-state index contributed by atoms with van der Waals surface area (Å²) in [4.78, 5) is 14.5. The first kappa shape index (κ1) is 19.4. The average molecular weight is 402 g/mol. The molecule has 0 saturated heterocycles. The number of nitrogens with one attached hydrogen (secondary N) is 1. The highest BCUT2D eigenvalue weighted by molar-refractivity contribution is 6.08. The van der Waals surface area contributed by atoms with Crippen LogP contribution in [0.2, 0.25) is 0 Å². The number of nitrogens with zero attached hydrogens (tertiary/aromatic N) is 3. The second-order valence-electron chi connectivity index (χ2n) is 6.70. The molecule has 7 nitrogen and oxygen atoms in total. The lowest BCUT2D eigenvalue weighted by Crippen LogP contribution is -2.14. The van der Waals surface area contributed by atoms with Crippen molar-refractivity contribution < 1.29 is 14.3 Å². The molecule has 0 saturated carbocycles. The van der Waals surface area contributed by atoms with E-state index >= 15 is 0 Å². The van der Waals surface area contributed by atoms with Gasteiger partial charge in [-0.15, -0.1) is 10.2 Å². The van der Waals surface area contributed by atoms with Gasteiger partial charge >= 0.3 is 0 Å². The average Bonchev–Trinajstić information content (AvgIpc) is 3.21. The van der Waals surface area contributed by atoms with Crippen molar-refractivity contribution in [2.24, 2.45) is 0 Å². The molecule has 0 radical (unpaired) electrons. The minimum absolute atomic E-state index is 0.328. The van der Waals surface area contributed by atoms with Crippen molar-refractivity contribution in [2.45, 2.75) is 13.3 Å². The fourth-order valence-corrected chi connectivity index (χ4v) is 3.24. The Bertz CT molecular complexity index is 1180. The third kappa shape index (κ3) is 3.69. The molecule has 0 aliphatic carbocycles. The number of fused-ring (bicyclic) bond motifs is 1. The van der Waals surface area contributed by atoms with Gasteiger partial charge in [-0.1, -0.05) is 25.1 Å². The predicted octanol–water partition coefficient (Wildman–Crippen LogP) is 4.25. The molecule has 0 unspecified atom stereocenters. The van der Waals surface area contributed by atoms with Crippen molar-refractivity contribution in [1.82, 2.24) is 15.0 Å². The predicted molar refractivity (Wildman–Crippen MR) is 116 cm³/mol. The van der Waals surface area contributed by atoms with Crippen molar-refractivity contribution in [3.63, 3.8) is 0 Å². The van der Waals surface area contributed by atoms with Gasteiger partial charge < -0.3 is 14.8 Å². The van der Waals surface area contributed by atoms with Crippen LogP contribution in [0.1, 0.15) is 22.8 Å². The SMILES string of the molecule is CCc1ccc(-n2nc3ccc(NC(=O)c4c(OC)cccc4OC)cc3n2)cc1. The summed E-state index contributed by atoms with van der Waals surface area (Å²) in [6, 6.07) is 18.7. The van der Waals surface area contributed by atoms with Crippen LogP contribution in [-0.2, 0) is 6.42 Å². The molecule has 1 aromatic heterocycles. The van der Waals surface area contributed by atoms with Crippen LogP contribution in [0.3, 0.4) is 0 Å². The Morgan fingerprint density at radius 1 is 0.933 bits per heavy atom. The van der Waals surface area contributed by atoms with E-state index in [1.165, 1.54) is 19.8 Å². The highest BCUT2D eigenvalue weighted by Gasteiger charge is 2.18. The number of anilines is 1. The van der Waals surface area contributed by atoms with Gasteiger partial charge in [0.05, 0.1) is 19.9 Å². The Morgan fingerprint density at radius 2 is 1.60 bits per heavy atom. The van der Waals surface area contributed by atoms with Crippen LogP contribution in [0.25, 0.3) is 16.7 Å². The molecule has 1 amide bonds. The molecular formula is C23H22N4O3. The van der Waals surface area contributed by atoms with Gasteiger partial charge in [-0.3, -0.25) is 4.79 Å². The number of rotatable bonds is 6. The fourth-order valence-electron chi connectivity index (χ4n) is 3.24. The van der Waals surface area contributed by atoms with Gasteiger partial charge in [0.2, 0.25) is 0 Å². The van der Waals surface area contributed by atoms with Gasteiger partial charge in [0.15, 0.2) is 0 Å². The van der Waals surface area contributed by atoms with Crippen molar-refractivity contribution in [2.75, 3.05) is 19.5 Å². The lowest BCUT2D eigenvalue weighted by Gasteiger charge is -2.12. The largest absolute Gasteiger partial charge is 0.496 e. The zero-order valence-electron chi connectivity index (χ0n) is 17.0. The fraction of sp³-hybridized carbons (Fsp3) is 0.174. The van der Waals surface area contributed by atoms with Crippen molar-refractivity contribution in [1.29, 1.82) is 0 Å². The number of hydrogen-bond donors (Lipinski definition) is 1. The van der Waals surface area contributed by atoms with Gasteiger partial charge in [-0.05, 0) is 54.4 Å². The van der Waals surface area contributed by atoms with Crippen LogP contribution >= 0.6 is 0 Å². The lowest BCUT2D eigenvalue weighted by atomic mass is 10.1. The summed E-state index contributed by atoms with van der Waals surface area (Å²) in [6.07, 6.45) is 0.981. The molecule has 1 heterocycles. The number of ether oxygens (including phenoxy) is 2. The molecule has 152 valence electrons. The molecule has 0 spiro atoms. The number of aromatic nitrogens is 3. The number of methoxy groups -OCH3 is 2. The van der Waals surface area contributed by atoms with E-state index in [9.17, 15) is 4.79 Å². The summed E-state index contributed by atoms with van der Waals surface area (Å²) in [5.41, 5.74) is 4.50. The summed E-state index contributed by atoms with van der Waals surface area (Å²) < 4.78 is 10.6. The van der Waals surface area contributed by atoms with E-state index in [2.05, 4.69) is 34.6 Å². The molecule has 4 aromatic rings. The highest BCUT2D eigenvalue weighted by atomic mass is 16.5. The number of carbonyl (C=O) groups is 1. The molecule has 4 rings (SSSR count). The van der Waals surface area contributed by atoms with Gasteiger partial charge in [0.25, 0.3) is 5.91 Å². The van der Waals surface area contributed by atoms with E-state index < -0.39 is 0 Å². The van der Waals surface area contributed by atoms with Gasteiger partial charge in [0.1, 0.15) is 28.1 Å². The topological polar surface area (TPSA) is 78.3 Å². The standard InChI is InChI=1S/C23H22N4O3/c1-4-15-8-11-17(12-9-15)27-25-18-13-10-16(14-19(18)26-27)24-23(28)22-20(29-2)6-5-7-21(22)30-3/h5-14H,4H2,1-3H3,(H,24,28). The normalized spacial score (nSPS) is 10.8. The third-order valence-electron chi connectivity index (χ3n) is 4.87. The van der Waals surface area contributed by atoms with Gasteiger partial charge in [-0.25, -0.2) is 0 Å². The summed E-state index contributed by atoms with van der Waals surface area (Å²) in [5, 5.41) is 12.0. The van der Waals surface area contributed by atoms with E-state index in [0.717, 1.165) is 17.6 Å². The Hall–Kier alpha value is -3.87. The number of amides is 1. The Kier molecular flexibility index (Phi) is 5.34. The number of carbonyl (C=O) groups excluding carboxylic acids is 1. The van der Waals surface area contributed by atoms with Crippen LogP contribution < -0.4 is 14.8 Å². The van der Waals surface area contributed by atoms with E-state index in [-0.39, 0.29) is 5.91 Å². The Balaban J connectivity index is 1.62. The molecular weight excluding hydrogens is 380 g/mol. The minimum Gasteiger partial charge on any atom is -0.496 e. The van der Waals surface area contributed by atoms with Crippen LogP contribution in [0.5, 0.6) is 11.5 Å². The molecule has 0 fully saturated rings. The maximum absolute atomic E-state index is 12.9. The zero-order chi connectivity index (χ0) is 21.1. The summed E-state index contributed by atoms with van der Waals surface area (Å²) in [7, 11) is 3.03. The van der Waals surface area contributed by atoms with E-state index in [0.29, 0.717) is 28.3 Å². The monoisotopic (exact) mass is 402 g/mol. The summed E-state index contributed by atoms with van der Waals surface area (Å²) in [6.45, 7) is 2.12. The van der Waals surface area contributed by atoms with Crippen LogP contribution in [0.4, 0.5) is 5.69 Å². The lowest BCUT2D eigenvalue weighted by molar-refractivity contribution is 0.102. The molecule has 0 aliphatic heterocycles. The summed E-state index contributed by atoms with van der Waals surface area (Å²) in [5.74, 6) is 0.551. The Morgan fingerprint density at radius 3 is 2.23 bits per heavy atom. The molecule has 0 atom stereocenters. The van der Waals surface area contributed by atoms with Gasteiger partial charge in [0, 0.05) is 5.69 Å². The molecule has 0 aliphatic rings. The highest BCUT2D eigenvalue weighted by Crippen LogP contribution is 2.29. The molecule has 0 bridgehead atoms. The van der Waals surface area contributed by atoms with E-state index in [1.54, 1.807) is 35.1 Å². The number of hydrogen-bond acceptors (Lipinski definition) is 5. The van der Waals surface area contributed by atoms with E-state index in [4.69, 9.17) is 9.47 Å². The number of aryl methyl sites for hydroxylation is 1. The van der Waals surface area contributed by atoms with Crippen molar-refractivity contribution in [3.8, 4) is 17.2 Å². The van der Waals surface area contributed by atoms with E-state index in [1.807, 2.05) is 18.2 Å². The first-order valence-electron chi connectivity index (χ1n) is 9.61. The summed E-state index contributed by atoms with van der Waals surface area (Å²) >= 11 is 0. The Labute approximate surface area is 174 Å². The third-order valence-corrected chi connectivity index (χ3v) is 4.87. The zero-order valence-corrected chi connectivity index (χ0v) is 17.0. The molecule has 7 heteroatoms.